The highest BCUT2D eigenvalue weighted by Gasteiger charge is 2.41. The first-order chi connectivity index (χ1) is 10.8. The third kappa shape index (κ3) is 3.44. The number of rotatable bonds is 3. The molecule has 2 fully saturated rings. The van der Waals surface area contributed by atoms with Crippen LogP contribution in [-0.2, 0) is 28.1 Å². The third-order valence-electron chi connectivity index (χ3n) is 5.15. The molecule has 1 saturated heterocycles. The zero-order valence-electron chi connectivity index (χ0n) is 14.1. The first kappa shape index (κ1) is 16.5. The number of carbonyl (C=O) groups excluding carboxylic acids is 1. The summed E-state index contributed by atoms with van der Waals surface area (Å²) in [5, 5.41) is 4.37. The van der Waals surface area contributed by atoms with Crippen LogP contribution in [0.1, 0.15) is 36.2 Å². The summed E-state index contributed by atoms with van der Waals surface area (Å²) in [5.41, 5.74) is 2.85. The maximum Gasteiger partial charge on any atom is 0.227 e. The highest BCUT2D eigenvalue weighted by Crippen LogP contribution is 2.37. The summed E-state index contributed by atoms with van der Waals surface area (Å²) in [5.74, 6) is 0.737. The molecule has 1 unspecified atom stereocenters. The van der Waals surface area contributed by atoms with E-state index < -0.39 is 9.84 Å². The van der Waals surface area contributed by atoms with E-state index in [9.17, 15) is 13.2 Å². The van der Waals surface area contributed by atoms with Gasteiger partial charge in [0.05, 0.1) is 23.6 Å². The van der Waals surface area contributed by atoms with Crippen LogP contribution in [0.4, 0.5) is 0 Å². The minimum Gasteiger partial charge on any atom is -0.338 e. The van der Waals surface area contributed by atoms with Gasteiger partial charge in [0, 0.05) is 30.9 Å². The molecule has 0 spiro atoms. The first-order valence-electron chi connectivity index (χ1n) is 8.27. The normalized spacial score (nSPS) is 24.5. The summed E-state index contributed by atoms with van der Waals surface area (Å²) in [6.07, 6.45) is 2.93. The molecule has 1 aromatic rings. The number of sulfone groups is 1. The number of nitrogens with zero attached hydrogens (tertiary/aromatic N) is 3. The molecule has 2 aliphatic rings. The Morgan fingerprint density at radius 1 is 1.30 bits per heavy atom. The lowest BCUT2D eigenvalue weighted by molar-refractivity contribution is -0.132. The number of carbonyl (C=O) groups is 1. The van der Waals surface area contributed by atoms with Crippen molar-refractivity contribution in [2.45, 2.75) is 45.6 Å². The maximum atomic E-state index is 12.9. The molecule has 0 radical (unpaired) electrons. The van der Waals surface area contributed by atoms with Crippen LogP contribution < -0.4 is 0 Å². The Balaban J connectivity index is 1.82. The van der Waals surface area contributed by atoms with E-state index in [0.29, 0.717) is 25.3 Å². The highest BCUT2D eigenvalue weighted by atomic mass is 32.2. The van der Waals surface area contributed by atoms with E-state index in [0.717, 1.165) is 29.8 Å². The number of aryl methyl sites for hydroxylation is 2. The zero-order chi connectivity index (χ0) is 16.8. The minimum atomic E-state index is -3.04. The second-order valence-corrected chi connectivity index (χ2v) is 9.14. The van der Waals surface area contributed by atoms with Gasteiger partial charge in [-0.25, -0.2) is 8.42 Å². The van der Waals surface area contributed by atoms with Gasteiger partial charge in [-0.3, -0.25) is 9.48 Å². The van der Waals surface area contributed by atoms with Gasteiger partial charge in [0.25, 0.3) is 0 Å². The average molecular weight is 339 g/mol. The number of hydrogen-bond donors (Lipinski definition) is 0. The Morgan fingerprint density at radius 3 is 2.57 bits per heavy atom. The van der Waals surface area contributed by atoms with E-state index in [1.54, 1.807) is 4.68 Å². The second kappa shape index (κ2) is 5.92. The predicted octanol–water partition coefficient (Wildman–Crippen LogP) is 1.01. The SMILES string of the molecule is Cc1nn(C)c(C)c1CC(=O)N1CCCS(=O)(=O)CC1C1CC1. The quantitative estimate of drug-likeness (QED) is 0.824. The standard InChI is InChI=1S/C16H25N3O3S/c1-11-14(12(2)18(3)17-11)9-16(20)19-7-4-8-23(21,22)10-15(19)13-5-6-13/h13,15H,4-10H2,1-3H3. The van der Waals surface area contributed by atoms with Gasteiger partial charge in [0.15, 0.2) is 9.84 Å². The predicted molar refractivity (Wildman–Crippen MR) is 87.9 cm³/mol. The molecule has 1 aliphatic heterocycles. The first-order valence-corrected chi connectivity index (χ1v) is 10.1. The number of amides is 1. The maximum absolute atomic E-state index is 12.9. The topological polar surface area (TPSA) is 72.3 Å². The van der Waals surface area contributed by atoms with Gasteiger partial charge in [0.1, 0.15) is 0 Å². The van der Waals surface area contributed by atoms with E-state index in [4.69, 9.17) is 0 Å². The fraction of sp³-hybridized carbons (Fsp3) is 0.750. The molecule has 0 aromatic carbocycles. The van der Waals surface area contributed by atoms with Crippen molar-refractivity contribution in [2.24, 2.45) is 13.0 Å². The Hall–Kier alpha value is -1.37. The van der Waals surface area contributed by atoms with Gasteiger partial charge in [-0.1, -0.05) is 0 Å². The summed E-state index contributed by atoms with van der Waals surface area (Å²) >= 11 is 0. The summed E-state index contributed by atoms with van der Waals surface area (Å²) < 4.78 is 26.0. The molecule has 0 bridgehead atoms. The van der Waals surface area contributed by atoms with Crippen molar-refractivity contribution in [3.8, 4) is 0 Å². The molecule has 3 rings (SSSR count). The Kier molecular flexibility index (Phi) is 4.25. The van der Waals surface area contributed by atoms with Crippen molar-refractivity contribution in [1.82, 2.24) is 14.7 Å². The van der Waals surface area contributed by atoms with Crippen molar-refractivity contribution in [3.63, 3.8) is 0 Å². The lowest BCUT2D eigenvalue weighted by Crippen LogP contribution is -2.45. The summed E-state index contributed by atoms with van der Waals surface area (Å²) in [4.78, 5) is 14.7. The van der Waals surface area contributed by atoms with E-state index in [2.05, 4.69) is 5.10 Å². The largest absolute Gasteiger partial charge is 0.338 e. The molecular weight excluding hydrogens is 314 g/mol. The zero-order valence-corrected chi connectivity index (χ0v) is 14.9. The van der Waals surface area contributed by atoms with Crippen LogP contribution in [-0.4, -0.2) is 53.1 Å². The Morgan fingerprint density at radius 2 is 2.00 bits per heavy atom. The Bertz CT molecular complexity index is 719. The number of aromatic nitrogens is 2. The molecule has 2 heterocycles. The third-order valence-corrected chi connectivity index (χ3v) is 6.91. The molecule has 1 amide bonds. The number of hydrogen-bond acceptors (Lipinski definition) is 4. The summed E-state index contributed by atoms with van der Waals surface area (Å²) in [6, 6.07) is -0.132. The van der Waals surface area contributed by atoms with Crippen LogP contribution in [0.2, 0.25) is 0 Å². The van der Waals surface area contributed by atoms with Gasteiger partial charge < -0.3 is 4.90 Å². The van der Waals surface area contributed by atoms with Gasteiger partial charge >= 0.3 is 0 Å². The minimum absolute atomic E-state index is 0.0400. The van der Waals surface area contributed by atoms with Gasteiger partial charge in [-0.2, -0.15) is 5.10 Å². The van der Waals surface area contributed by atoms with Crippen LogP contribution >= 0.6 is 0 Å². The van der Waals surface area contributed by atoms with Gasteiger partial charge in [-0.05, 0) is 39.0 Å². The molecule has 23 heavy (non-hydrogen) atoms. The molecule has 7 heteroatoms. The fourth-order valence-corrected chi connectivity index (χ4v) is 5.27. The van der Waals surface area contributed by atoms with Gasteiger partial charge in [0.2, 0.25) is 5.91 Å². The molecule has 1 aromatic heterocycles. The Labute approximate surface area is 137 Å². The monoisotopic (exact) mass is 339 g/mol. The van der Waals surface area contributed by atoms with Crippen LogP contribution in [0.15, 0.2) is 0 Å². The fourth-order valence-electron chi connectivity index (χ4n) is 3.56. The van der Waals surface area contributed by atoms with Crippen LogP contribution in [0.3, 0.4) is 0 Å². The molecule has 128 valence electrons. The smallest absolute Gasteiger partial charge is 0.227 e. The molecule has 1 aliphatic carbocycles. The van der Waals surface area contributed by atoms with Crippen molar-refractivity contribution in [3.05, 3.63) is 17.0 Å². The molecule has 0 N–H and O–H groups in total. The van der Waals surface area contributed by atoms with Gasteiger partial charge in [-0.15, -0.1) is 0 Å². The van der Waals surface area contributed by atoms with Crippen molar-refractivity contribution >= 4 is 15.7 Å². The highest BCUT2D eigenvalue weighted by molar-refractivity contribution is 7.91. The van der Waals surface area contributed by atoms with E-state index >= 15 is 0 Å². The van der Waals surface area contributed by atoms with Crippen molar-refractivity contribution in [2.75, 3.05) is 18.1 Å². The summed E-state index contributed by atoms with van der Waals surface area (Å²) in [6.45, 7) is 4.44. The van der Waals surface area contributed by atoms with Crippen LogP contribution in [0.25, 0.3) is 0 Å². The molecular formula is C16H25N3O3S. The summed E-state index contributed by atoms with van der Waals surface area (Å²) in [7, 11) is -1.16. The van der Waals surface area contributed by atoms with Crippen LogP contribution in [0, 0.1) is 19.8 Å². The lowest BCUT2D eigenvalue weighted by atomic mass is 10.1. The van der Waals surface area contributed by atoms with Crippen molar-refractivity contribution < 1.29 is 13.2 Å². The van der Waals surface area contributed by atoms with Crippen molar-refractivity contribution in [1.29, 1.82) is 0 Å². The van der Waals surface area contributed by atoms with E-state index in [-0.39, 0.29) is 23.5 Å². The second-order valence-electron chi connectivity index (χ2n) is 6.91. The molecule has 6 nitrogen and oxygen atoms in total. The molecule has 1 saturated carbocycles. The van der Waals surface area contributed by atoms with E-state index in [1.165, 1.54) is 0 Å². The average Bonchev–Trinajstić information content (AvgIpc) is 3.27. The molecule has 1 atom stereocenters. The van der Waals surface area contributed by atoms with E-state index in [1.807, 2.05) is 25.8 Å². The lowest BCUT2D eigenvalue weighted by Gasteiger charge is -2.29. The van der Waals surface area contributed by atoms with Crippen LogP contribution in [0.5, 0.6) is 0 Å².